The molecular formula is C13H13BrClNOS. The first-order valence-electron chi connectivity index (χ1n) is 5.65. The highest BCUT2D eigenvalue weighted by Gasteiger charge is 2.15. The summed E-state index contributed by atoms with van der Waals surface area (Å²) in [6.07, 6.45) is 0.874. The van der Waals surface area contributed by atoms with Gasteiger partial charge in [-0.3, -0.25) is 0 Å². The third-order valence-electron chi connectivity index (χ3n) is 2.44. The van der Waals surface area contributed by atoms with Gasteiger partial charge < -0.3 is 4.74 Å². The van der Waals surface area contributed by atoms with Gasteiger partial charge in [0.15, 0.2) is 0 Å². The molecule has 1 unspecified atom stereocenters. The molecule has 1 atom stereocenters. The maximum Gasteiger partial charge on any atom is 0.150 e. The minimum Gasteiger partial charge on any atom is -0.483 e. The zero-order valence-electron chi connectivity index (χ0n) is 9.90. The molecule has 0 aliphatic rings. The minimum atomic E-state index is -0.00635. The topological polar surface area (TPSA) is 22.1 Å². The van der Waals surface area contributed by atoms with Crippen LogP contribution in [0, 0.1) is 0 Å². The Bertz CT molecular complexity index is 500. The maximum absolute atomic E-state index is 5.95. The van der Waals surface area contributed by atoms with Crippen LogP contribution in [0.5, 0.6) is 5.75 Å². The van der Waals surface area contributed by atoms with E-state index in [1.54, 1.807) is 11.3 Å². The molecule has 1 heterocycles. The lowest BCUT2D eigenvalue weighted by Gasteiger charge is -2.15. The second-order valence-corrected chi connectivity index (χ2v) is 5.85. The van der Waals surface area contributed by atoms with E-state index in [0.29, 0.717) is 5.88 Å². The lowest BCUT2D eigenvalue weighted by molar-refractivity contribution is 0.200. The molecule has 18 heavy (non-hydrogen) atoms. The van der Waals surface area contributed by atoms with Crippen LogP contribution in [0.1, 0.15) is 30.2 Å². The molecule has 0 saturated carbocycles. The molecule has 0 N–H and O–H groups in total. The fourth-order valence-electron chi connectivity index (χ4n) is 1.52. The van der Waals surface area contributed by atoms with E-state index in [2.05, 4.69) is 27.8 Å². The zero-order chi connectivity index (χ0) is 13.0. The Hall–Kier alpha value is -0.580. The van der Waals surface area contributed by atoms with Crippen molar-refractivity contribution in [2.45, 2.75) is 25.3 Å². The molecule has 0 aliphatic carbocycles. The number of benzene rings is 1. The Labute approximate surface area is 124 Å². The summed E-state index contributed by atoms with van der Waals surface area (Å²) in [4.78, 5) is 4.47. The predicted molar refractivity (Wildman–Crippen MR) is 79.5 cm³/mol. The molecule has 2 aromatic rings. The van der Waals surface area contributed by atoms with Crippen molar-refractivity contribution in [2.24, 2.45) is 0 Å². The van der Waals surface area contributed by atoms with Gasteiger partial charge in [0.1, 0.15) is 16.9 Å². The first-order chi connectivity index (χ1) is 8.72. The van der Waals surface area contributed by atoms with Crippen LogP contribution in [0.4, 0.5) is 0 Å². The van der Waals surface area contributed by atoms with Crippen LogP contribution in [0.25, 0.3) is 0 Å². The smallest absolute Gasteiger partial charge is 0.150 e. The lowest BCUT2D eigenvalue weighted by Crippen LogP contribution is -2.06. The van der Waals surface area contributed by atoms with Gasteiger partial charge in [-0.2, -0.15) is 0 Å². The number of ether oxygens (including phenoxy) is 1. The van der Waals surface area contributed by atoms with Crippen molar-refractivity contribution in [2.75, 3.05) is 0 Å². The van der Waals surface area contributed by atoms with Crippen molar-refractivity contribution < 1.29 is 4.74 Å². The number of rotatable bonds is 5. The van der Waals surface area contributed by atoms with E-state index in [9.17, 15) is 0 Å². The Morgan fingerprint density at radius 1 is 1.39 bits per heavy atom. The standard InChI is InChI=1S/C13H13BrClNOS/c1-2-12(13-16-10(7-15)8-18-13)17-11-5-3-9(14)4-6-11/h3-6,8,12H,2,7H2,1H3. The molecule has 1 aromatic heterocycles. The van der Waals surface area contributed by atoms with Crippen LogP contribution >= 0.6 is 38.9 Å². The van der Waals surface area contributed by atoms with E-state index < -0.39 is 0 Å². The van der Waals surface area contributed by atoms with Crippen LogP contribution in [0.2, 0.25) is 0 Å². The van der Waals surface area contributed by atoms with Gasteiger partial charge in [-0.1, -0.05) is 22.9 Å². The van der Waals surface area contributed by atoms with Crippen molar-refractivity contribution >= 4 is 38.9 Å². The third-order valence-corrected chi connectivity index (χ3v) is 4.23. The molecule has 0 fully saturated rings. The number of aromatic nitrogens is 1. The van der Waals surface area contributed by atoms with E-state index in [4.69, 9.17) is 16.3 Å². The van der Waals surface area contributed by atoms with Crippen molar-refractivity contribution in [3.8, 4) is 5.75 Å². The summed E-state index contributed by atoms with van der Waals surface area (Å²) in [5.74, 6) is 1.30. The molecule has 0 amide bonds. The van der Waals surface area contributed by atoms with Crippen LogP contribution in [0.3, 0.4) is 0 Å². The lowest BCUT2D eigenvalue weighted by atomic mass is 10.3. The molecule has 96 valence electrons. The Balaban J connectivity index is 2.11. The van der Waals surface area contributed by atoms with E-state index in [1.165, 1.54) is 0 Å². The molecule has 0 aliphatic heterocycles. The number of halogens is 2. The summed E-state index contributed by atoms with van der Waals surface area (Å²) in [5, 5.41) is 2.96. The van der Waals surface area contributed by atoms with Crippen molar-refractivity contribution in [3.05, 3.63) is 44.8 Å². The fourth-order valence-corrected chi connectivity index (χ4v) is 2.94. The van der Waals surface area contributed by atoms with E-state index >= 15 is 0 Å². The molecular weight excluding hydrogens is 334 g/mol. The van der Waals surface area contributed by atoms with Crippen LogP contribution < -0.4 is 4.74 Å². The molecule has 0 radical (unpaired) electrons. The highest BCUT2D eigenvalue weighted by Crippen LogP contribution is 2.28. The summed E-state index contributed by atoms with van der Waals surface area (Å²) in [7, 11) is 0. The number of nitrogens with zero attached hydrogens (tertiary/aromatic N) is 1. The van der Waals surface area contributed by atoms with Crippen LogP contribution in [0.15, 0.2) is 34.1 Å². The van der Waals surface area contributed by atoms with E-state index in [-0.39, 0.29) is 6.10 Å². The van der Waals surface area contributed by atoms with Crippen molar-refractivity contribution in [3.63, 3.8) is 0 Å². The molecule has 2 rings (SSSR count). The predicted octanol–water partition coefficient (Wildman–Crippen LogP) is 5.17. The second-order valence-electron chi connectivity index (χ2n) is 3.78. The van der Waals surface area contributed by atoms with Crippen molar-refractivity contribution in [1.82, 2.24) is 4.98 Å². The van der Waals surface area contributed by atoms with Crippen LogP contribution in [-0.4, -0.2) is 4.98 Å². The quantitative estimate of drug-likeness (QED) is 0.696. The number of alkyl halides is 1. The summed E-state index contributed by atoms with van der Waals surface area (Å²) in [6, 6.07) is 7.83. The Morgan fingerprint density at radius 3 is 2.67 bits per heavy atom. The first-order valence-corrected chi connectivity index (χ1v) is 7.86. The van der Waals surface area contributed by atoms with Crippen LogP contribution in [-0.2, 0) is 5.88 Å². The molecule has 5 heteroatoms. The number of thiazole rings is 1. The van der Waals surface area contributed by atoms with Gasteiger partial charge in [0.25, 0.3) is 0 Å². The average Bonchev–Trinajstić information content (AvgIpc) is 2.87. The summed E-state index contributed by atoms with van der Waals surface area (Å²) < 4.78 is 6.99. The molecule has 1 aromatic carbocycles. The molecule has 0 saturated heterocycles. The highest BCUT2D eigenvalue weighted by molar-refractivity contribution is 9.10. The first kappa shape index (κ1) is 13.8. The van der Waals surface area contributed by atoms with Crippen molar-refractivity contribution in [1.29, 1.82) is 0 Å². The van der Waals surface area contributed by atoms with E-state index in [0.717, 1.165) is 27.3 Å². The largest absolute Gasteiger partial charge is 0.483 e. The molecule has 0 spiro atoms. The maximum atomic E-state index is 5.95. The summed E-state index contributed by atoms with van der Waals surface area (Å²) >= 11 is 10.8. The van der Waals surface area contributed by atoms with Gasteiger partial charge in [0.2, 0.25) is 0 Å². The summed E-state index contributed by atoms with van der Waals surface area (Å²) in [6.45, 7) is 2.09. The van der Waals surface area contributed by atoms with Gasteiger partial charge in [0.05, 0.1) is 11.6 Å². The zero-order valence-corrected chi connectivity index (χ0v) is 13.1. The Kier molecular flexibility index (Phi) is 5.03. The highest BCUT2D eigenvalue weighted by atomic mass is 79.9. The second kappa shape index (κ2) is 6.55. The third kappa shape index (κ3) is 3.46. The van der Waals surface area contributed by atoms with E-state index in [1.807, 2.05) is 29.6 Å². The fraction of sp³-hybridized carbons (Fsp3) is 0.308. The minimum absolute atomic E-state index is 0.00635. The van der Waals surface area contributed by atoms with Gasteiger partial charge in [-0.05, 0) is 30.7 Å². The SMILES string of the molecule is CCC(Oc1ccc(Br)cc1)c1nc(CCl)cs1. The summed E-state index contributed by atoms with van der Waals surface area (Å²) in [5.41, 5.74) is 0.912. The normalized spacial score (nSPS) is 12.4. The van der Waals surface area contributed by atoms with Gasteiger partial charge >= 0.3 is 0 Å². The molecule has 2 nitrogen and oxygen atoms in total. The number of hydrogen-bond acceptors (Lipinski definition) is 3. The van der Waals surface area contributed by atoms with Gasteiger partial charge in [-0.15, -0.1) is 22.9 Å². The monoisotopic (exact) mass is 345 g/mol. The Morgan fingerprint density at radius 2 is 2.11 bits per heavy atom. The number of hydrogen-bond donors (Lipinski definition) is 0. The average molecular weight is 347 g/mol. The molecule has 0 bridgehead atoms. The van der Waals surface area contributed by atoms with Gasteiger partial charge in [-0.25, -0.2) is 4.98 Å². The van der Waals surface area contributed by atoms with Gasteiger partial charge in [0, 0.05) is 9.85 Å².